The second-order valence-electron chi connectivity index (χ2n) is 4.89. The standard InChI is InChI=1S/C13H21N3/c1-10-4-6-14-9-13(10)15-12-5-7-16(3)11(2)8-12/h4,6,9,11-12,15H,5,7-8H2,1-3H3. The van der Waals surface area contributed by atoms with Crippen LogP contribution in [0.25, 0.3) is 0 Å². The van der Waals surface area contributed by atoms with E-state index in [0.29, 0.717) is 12.1 Å². The van der Waals surface area contributed by atoms with E-state index in [1.807, 2.05) is 12.4 Å². The first-order chi connectivity index (χ1) is 7.66. The summed E-state index contributed by atoms with van der Waals surface area (Å²) >= 11 is 0. The van der Waals surface area contributed by atoms with Gasteiger partial charge in [0.15, 0.2) is 0 Å². The Kier molecular flexibility index (Phi) is 3.44. The number of anilines is 1. The Balaban J connectivity index is 1.98. The molecular weight excluding hydrogens is 198 g/mol. The van der Waals surface area contributed by atoms with Crippen LogP contribution in [-0.4, -0.2) is 35.6 Å². The maximum Gasteiger partial charge on any atom is 0.0558 e. The maximum absolute atomic E-state index is 4.17. The van der Waals surface area contributed by atoms with Gasteiger partial charge >= 0.3 is 0 Å². The highest BCUT2D eigenvalue weighted by Gasteiger charge is 2.22. The number of nitrogens with zero attached hydrogens (tertiary/aromatic N) is 2. The van der Waals surface area contributed by atoms with Gasteiger partial charge in [-0.3, -0.25) is 4.98 Å². The van der Waals surface area contributed by atoms with E-state index in [0.717, 1.165) is 0 Å². The molecule has 1 saturated heterocycles. The van der Waals surface area contributed by atoms with E-state index in [1.54, 1.807) is 0 Å². The fourth-order valence-electron chi connectivity index (χ4n) is 2.26. The van der Waals surface area contributed by atoms with Crippen LogP contribution in [0.1, 0.15) is 25.3 Å². The number of pyridine rings is 1. The van der Waals surface area contributed by atoms with Gasteiger partial charge in [0, 0.05) is 24.8 Å². The van der Waals surface area contributed by atoms with Crippen LogP contribution in [-0.2, 0) is 0 Å². The summed E-state index contributed by atoms with van der Waals surface area (Å²) in [7, 11) is 2.20. The highest BCUT2D eigenvalue weighted by Crippen LogP contribution is 2.21. The molecule has 1 N–H and O–H groups in total. The number of piperidine rings is 1. The summed E-state index contributed by atoms with van der Waals surface area (Å²) in [6.07, 6.45) is 6.20. The largest absolute Gasteiger partial charge is 0.381 e. The van der Waals surface area contributed by atoms with Gasteiger partial charge in [0.25, 0.3) is 0 Å². The highest BCUT2D eigenvalue weighted by molar-refractivity contribution is 5.48. The molecule has 16 heavy (non-hydrogen) atoms. The quantitative estimate of drug-likeness (QED) is 0.827. The molecule has 0 aliphatic carbocycles. The summed E-state index contributed by atoms with van der Waals surface area (Å²) in [6, 6.07) is 3.32. The van der Waals surface area contributed by atoms with Crippen molar-refractivity contribution in [2.45, 2.75) is 38.8 Å². The molecule has 1 aliphatic heterocycles. The van der Waals surface area contributed by atoms with E-state index < -0.39 is 0 Å². The number of hydrogen-bond acceptors (Lipinski definition) is 3. The molecule has 2 atom stereocenters. The van der Waals surface area contributed by atoms with Crippen molar-refractivity contribution >= 4 is 5.69 Å². The topological polar surface area (TPSA) is 28.2 Å². The van der Waals surface area contributed by atoms with Crippen molar-refractivity contribution in [3.05, 3.63) is 24.0 Å². The number of nitrogens with one attached hydrogen (secondary N) is 1. The molecule has 0 spiro atoms. The van der Waals surface area contributed by atoms with E-state index in [4.69, 9.17) is 0 Å². The van der Waals surface area contributed by atoms with Gasteiger partial charge in [-0.25, -0.2) is 0 Å². The van der Waals surface area contributed by atoms with Crippen molar-refractivity contribution in [2.75, 3.05) is 18.9 Å². The monoisotopic (exact) mass is 219 g/mol. The van der Waals surface area contributed by atoms with Crippen LogP contribution >= 0.6 is 0 Å². The zero-order valence-electron chi connectivity index (χ0n) is 10.4. The molecule has 0 aromatic carbocycles. The fourth-order valence-corrected chi connectivity index (χ4v) is 2.26. The number of aromatic nitrogens is 1. The normalized spacial score (nSPS) is 26.7. The second-order valence-corrected chi connectivity index (χ2v) is 4.89. The smallest absolute Gasteiger partial charge is 0.0558 e. The summed E-state index contributed by atoms with van der Waals surface area (Å²) < 4.78 is 0. The zero-order valence-corrected chi connectivity index (χ0v) is 10.4. The lowest BCUT2D eigenvalue weighted by atomic mass is 9.98. The van der Waals surface area contributed by atoms with Crippen molar-refractivity contribution in [1.82, 2.24) is 9.88 Å². The molecule has 2 heterocycles. The van der Waals surface area contributed by atoms with Gasteiger partial charge in [0.1, 0.15) is 0 Å². The van der Waals surface area contributed by atoms with Crippen LogP contribution < -0.4 is 5.32 Å². The predicted molar refractivity (Wildman–Crippen MR) is 67.7 cm³/mol. The van der Waals surface area contributed by atoms with E-state index in [9.17, 15) is 0 Å². The third-order valence-corrected chi connectivity index (χ3v) is 3.61. The van der Waals surface area contributed by atoms with Gasteiger partial charge in [0.05, 0.1) is 11.9 Å². The molecule has 1 aromatic heterocycles. The van der Waals surface area contributed by atoms with E-state index in [2.05, 4.69) is 42.2 Å². The minimum Gasteiger partial charge on any atom is -0.381 e. The lowest BCUT2D eigenvalue weighted by Gasteiger charge is -2.35. The van der Waals surface area contributed by atoms with Gasteiger partial charge in [-0.2, -0.15) is 0 Å². The number of rotatable bonds is 2. The number of aryl methyl sites for hydroxylation is 1. The third-order valence-electron chi connectivity index (χ3n) is 3.61. The van der Waals surface area contributed by atoms with Gasteiger partial charge in [-0.1, -0.05) is 0 Å². The molecule has 1 fully saturated rings. The molecule has 0 radical (unpaired) electrons. The van der Waals surface area contributed by atoms with Crippen molar-refractivity contribution in [1.29, 1.82) is 0 Å². The van der Waals surface area contributed by atoms with Crippen LogP contribution in [0.15, 0.2) is 18.5 Å². The summed E-state index contributed by atoms with van der Waals surface area (Å²) in [4.78, 5) is 6.60. The van der Waals surface area contributed by atoms with Crippen molar-refractivity contribution in [2.24, 2.45) is 0 Å². The first-order valence-corrected chi connectivity index (χ1v) is 6.04. The molecule has 0 amide bonds. The predicted octanol–water partition coefficient (Wildman–Crippen LogP) is 2.28. The van der Waals surface area contributed by atoms with Gasteiger partial charge < -0.3 is 10.2 Å². The minimum atomic E-state index is 0.592. The van der Waals surface area contributed by atoms with Crippen LogP contribution in [0.5, 0.6) is 0 Å². The summed E-state index contributed by atoms with van der Waals surface area (Å²) in [5, 5.41) is 3.61. The average molecular weight is 219 g/mol. The molecular formula is C13H21N3. The van der Waals surface area contributed by atoms with Crippen LogP contribution in [0.2, 0.25) is 0 Å². The van der Waals surface area contributed by atoms with Crippen molar-refractivity contribution < 1.29 is 0 Å². The van der Waals surface area contributed by atoms with Gasteiger partial charge in [-0.05, 0) is 45.4 Å². The second kappa shape index (κ2) is 4.83. The molecule has 1 aromatic rings. The van der Waals surface area contributed by atoms with E-state index in [-0.39, 0.29) is 0 Å². The van der Waals surface area contributed by atoms with E-state index >= 15 is 0 Å². The van der Waals surface area contributed by atoms with E-state index in [1.165, 1.54) is 30.6 Å². The Hall–Kier alpha value is -1.09. The lowest BCUT2D eigenvalue weighted by molar-refractivity contribution is 0.190. The molecule has 3 nitrogen and oxygen atoms in total. The van der Waals surface area contributed by atoms with Gasteiger partial charge in [0.2, 0.25) is 0 Å². The Morgan fingerprint density at radius 2 is 2.31 bits per heavy atom. The molecule has 0 saturated carbocycles. The minimum absolute atomic E-state index is 0.592. The summed E-state index contributed by atoms with van der Waals surface area (Å²) in [5.74, 6) is 0. The first-order valence-electron chi connectivity index (χ1n) is 6.04. The third kappa shape index (κ3) is 2.53. The molecule has 1 aliphatic rings. The number of hydrogen-bond donors (Lipinski definition) is 1. The lowest BCUT2D eigenvalue weighted by Crippen LogP contribution is -2.42. The van der Waals surface area contributed by atoms with Gasteiger partial charge in [-0.15, -0.1) is 0 Å². The summed E-state index contributed by atoms with van der Waals surface area (Å²) in [6.45, 7) is 5.60. The van der Waals surface area contributed by atoms with Crippen molar-refractivity contribution in [3.63, 3.8) is 0 Å². The fraction of sp³-hybridized carbons (Fsp3) is 0.615. The van der Waals surface area contributed by atoms with Crippen LogP contribution in [0, 0.1) is 6.92 Å². The van der Waals surface area contributed by atoms with Crippen LogP contribution in [0.4, 0.5) is 5.69 Å². The molecule has 3 heteroatoms. The zero-order chi connectivity index (χ0) is 11.5. The Labute approximate surface area is 97.9 Å². The molecule has 88 valence electrons. The SMILES string of the molecule is Cc1ccncc1NC1CCN(C)C(C)C1. The molecule has 2 rings (SSSR count). The van der Waals surface area contributed by atoms with Crippen molar-refractivity contribution in [3.8, 4) is 0 Å². The first kappa shape index (κ1) is 11.4. The van der Waals surface area contributed by atoms with Crippen LogP contribution in [0.3, 0.4) is 0 Å². The Morgan fingerprint density at radius 1 is 1.50 bits per heavy atom. The summed E-state index contributed by atoms with van der Waals surface area (Å²) in [5.41, 5.74) is 2.46. The molecule has 0 bridgehead atoms. The number of likely N-dealkylation sites (tertiary alicyclic amines) is 1. The maximum atomic E-state index is 4.17. The average Bonchev–Trinajstić information content (AvgIpc) is 2.27. The molecule has 2 unspecified atom stereocenters. The highest BCUT2D eigenvalue weighted by atomic mass is 15.1. The Morgan fingerprint density at radius 3 is 3.00 bits per heavy atom. The Bertz CT molecular complexity index is 351.